The number of hydrogen-bond donors (Lipinski definition) is 0. The highest BCUT2D eigenvalue weighted by atomic mass is 35.5. The van der Waals surface area contributed by atoms with E-state index in [0.29, 0.717) is 44.8 Å². The van der Waals surface area contributed by atoms with Gasteiger partial charge in [0.25, 0.3) is 0 Å². The zero-order valence-electron chi connectivity index (χ0n) is 32.1. The molecule has 0 saturated heterocycles. The summed E-state index contributed by atoms with van der Waals surface area (Å²) in [6.07, 6.45) is 8.05. The molecule has 5 aromatic carbocycles. The Morgan fingerprint density at radius 2 is 1.04 bits per heavy atom. The van der Waals surface area contributed by atoms with Crippen LogP contribution in [0.2, 0.25) is 10.0 Å². The lowest BCUT2D eigenvalue weighted by Gasteiger charge is -2.24. The molecule has 55 heavy (non-hydrogen) atoms. The van der Waals surface area contributed by atoms with Crippen LogP contribution in [0.4, 0.5) is 22.7 Å². The number of hydrogen-bond acceptors (Lipinski definition) is 4. The predicted octanol–water partition coefficient (Wildman–Crippen LogP) is 10.5. The first-order valence-corrected chi connectivity index (χ1v) is 21.2. The number of fused-ring (bicyclic) bond motifs is 2. The third-order valence-corrected chi connectivity index (χ3v) is 12.8. The molecule has 0 radical (unpaired) electrons. The van der Waals surface area contributed by atoms with Gasteiger partial charge in [-0.25, -0.2) is 12.8 Å². The highest BCUT2D eigenvalue weighted by Crippen LogP contribution is 2.43. The lowest BCUT2D eigenvalue weighted by molar-refractivity contribution is -0.0000137. The van der Waals surface area contributed by atoms with Gasteiger partial charge in [-0.2, -0.15) is 4.31 Å². The maximum atomic E-state index is 14.9. The molecule has 6 rings (SSSR count). The summed E-state index contributed by atoms with van der Waals surface area (Å²) >= 11 is 13.2. The fourth-order valence-electron chi connectivity index (χ4n) is 7.12. The van der Waals surface area contributed by atoms with E-state index in [2.05, 4.69) is 13.8 Å². The average molecular weight is 819 g/mol. The van der Waals surface area contributed by atoms with Crippen LogP contribution in [0.15, 0.2) is 119 Å². The van der Waals surface area contributed by atoms with Crippen LogP contribution in [0.25, 0.3) is 33.1 Å². The van der Waals surface area contributed by atoms with Gasteiger partial charge in [0.15, 0.2) is 0 Å². The summed E-state index contributed by atoms with van der Waals surface area (Å²) in [6, 6.07) is 35.0. The minimum atomic E-state index is -3.86. The average Bonchev–Trinajstić information content (AvgIpc) is 3.18. The van der Waals surface area contributed by atoms with E-state index in [4.69, 9.17) is 27.6 Å². The van der Waals surface area contributed by atoms with Crippen LogP contribution in [-0.4, -0.2) is 39.9 Å². The summed E-state index contributed by atoms with van der Waals surface area (Å²) in [5.74, 6) is 0. The van der Waals surface area contributed by atoms with Crippen molar-refractivity contribution in [3.63, 3.8) is 0 Å². The topological polar surface area (TPSA) is 55.2 Å². The molecule has 1 aromatic heterocycles. The minimum absolute atomic E-state index is 0. The molecule has 0 amide bonds. The second-order valence-electron chi connectivity index (χ2n) is 13.9. The quantitative estimate of drug-likeness (QED) is 0.0521. The summed E-state index contributed by atoms with van der Waals surface area (Å²) < 4.78 is 38.2. The van der Waals surface area contributed by atoms with Gasteiger partial charge in [-0.15, -0.1) is 0 Å². The van der Waals surface area contributed by atoms with Crippen molar-refractivity contribution >= 4 is 77.9 Å². The first-order valence-electron chi connectivity index (χ1n) is 19.0. The molecule has 290 valence electrons. The lowest BCUT2D eigenvalue weighted by Crippen LogP contribution is -3.00. The molecule has 10 heteroatoms. The van der Waals surface area contributed by atoms with Crippen LogP contribution in [0.1, 0.15) is 65.2 Å². The largest absolute Gasteiger partial charge is 1.00 e. The summed E-state index contributed by atoms with van der Waals surface area (Å²) in [7, 11) is 0.0821. The van der Waals surface area contributed by atoms with Gasteiger partial charge in [-0.1, -0.05) is 118 Å². The molecule has 0 aliphatic heterocycles. The molecule has 6 aromatic rings. The van der Waals surface area contributed by atoms with Gasteiger partial charge >= 0.3 is 11.2 Å². The maximum absolute atomic E-state index is 14.9. The second-order valence-corrected chi connectivity index (χ2v) is 16.6. The third-order valence-electron chi connectivity index (χ3n) is 10.2. The molecular formula is C45H50Cl3N3O3S. The Balaban J connectivity index is 0.00000580. The number of benzene rings is 5. The van der Waals surface area contributed by atoms with Gasteiger partial charge in [0.05, 0.1) is 60.6 Å². The van der Waals surface area contributed by atoms with Crippen molar-refractivity contribution in [2.24, 2.45) is 0 Å². The van der Waals surface area contributed by atoms with E-state index in [1.807, 2.05) is 127 Å². The fraction of sp³-hybridized carbons (Fsp3) is 0.311. The molecule has 0 atom stereocenters. The normalized spacial score (nSPS) is 11.6. The van der Waals surface area contributed by atoms with Crippen LogP contribution in [0.5, 0.6) is 0 Å². The van der Waals surface area contributed by atoms with Gasteiger partial charge in [0, 0.05) is 38.3 Å². The van der Waals surface area contributed by atoms with E-state index in [9.17, 15) is 8.42 Å². The molecule has 0 N–H and O–H groups in total. The molecule has 0 aliphatic rings. The maximum Gasteiger partial charge on any atom is 0.363 e. The van der Waals surface area contributed by atoms with E-state index in [1.54, 1.807) is 10.4 Å². The second kappa shape index (κ2) is 19.3. The zero-order valence-corrected chi connectivity index (χ0v) is 35.2. The van der Waals surface area contributed by atoms with Crippen molar-refractivity contribution in [2.45, 2.75) is 70.1 Å². The Bertz CT molecular complexity index is 2210. The van der Waals surface area contributed by atoms with Gasteiger partial charge in [0.2, 0.25) is 10.0 Å². The van der Waals surface area contributed by atoms with Gasteiger partial charge in [-0.3, -0.25) is 0 Å². The number of nitrogens with zero attached hydrogens (tertiary/aromatic N) is 3. The van der Waals surface area contributed by atoms with Crippen molar-refractivity contribution in [3.8, 4) is 11.1 Å². The molecule has 0 aliphatic carbocycles. The highest BCUT2D eigenvalue weighted by molar-refractivity contribution is 7.89. The first kappa shape index (κ1) is 42.3. The Hall–Kier alpha value is -3.85. The smallest absolute Gasteiger partial charge is 0.363 e. The highest BCUT2D eigenvalue weighted by Gasteiger charge is 2.31. The monoisotopic (exact) mass is 817 g/mol. The number of unbranched alkanes of at least 4 members (excludes halogenated alkanes) is 6. The van der Waals surface area contributed by atoms with E-state index in [1.165, 1.54) is 0 Å². The molecule has 1 heterocycles. The van der Waals surface area contributed by atoms with Crippen LogP contribution >= 0.6 is 23.2 Å². The van der Waals surface area contributed by atoms with Crippen LogP contribution < -0.4 is 22.2 Å². The van der Waals surface area contributed by atoms with Gasteiger partial charge < -0.3 is 22.2 Å². The van der Waals surface area contributed by atoms with Gasteiger partial charge in [-0.05, 0) is 67.4 Å². The SMILES string of the molecule is CCCCCCN(CCCCCC)S(=O)(=O)c1ccccc1-c1c2ccc(N(C)c3ccccc3Cl)cc2[o+]c2cc(N(C)c3ccccc3Cl)ccc12.[Cl-]. The molecule has 0 unspecified atom stereocenters. The van der Waals surface area contributed by atoms with E-state index in [-0.39, 0.29) is 12.4 Å². The third kappa shape index (κ3) is 9.41. The number of anilines is 4. The van der Waals surface area contributed by atoms with Crippen molar-refractivity contribution in [1.29, 1.82) is 0 Å². The standard InChI is InChI=1S/C45H50Cl2N3O3S.ClH/c1-5-7-9-17-29-50(30-18-10-8-6-2)54(51,52)44-24-16-11-19-37(44)45-35-27-25-33(48(3)40-22-14-12-20-38(40)46)31-42(35)53-43-32-34(26-28-36(43)45)49(4)41-23-15-13-21-39(41)47;/h11-16,19-28,31-32H,5-10,17-18,29-30H2,1-4H3;1H/q+1;/p-1. The Labute approximate surface area is 343 Å². The fourth-order valence-corrected chi connectivity index (χ4v) is 9.36. The molecule has 0 fully saturated rings. The van der Waals surface area contributed by atoms with E-state index in [0.717, 1.165) is 90.5 Å². The van der Waals surface area contributed by atoms with Crippen LogP contribution in [0.3, 0.4) is 0 Å². The molecule has 6 nitrogen and oxygen atoms in total. The lowest BCUT2D eigenvalue weighted by atomic mass is 9.96. The van der Waals surface area contributed by atoms with Crippen molar-refractivity contribution in [3.05, 3.63) is 119 Å². The Kier molecular flexibility index (Phi) is 14.9. The summed E-state index contributed by atoms with van der Waals surface area (Å²) in [5.41, 5.74) is 6.16. The number of halogens is 3. The molecule has 0 saturated carbocycles. The number of para-hydroxylation sites is 2. The van der Waals surface area contributed by atoms with Crippen LogP contribution in [-0.2, 0) is 10.0 Å². The molecular weight excluding hydrogens is 769 g/mol. The predicted molar refractivity (Wildman–Crippen MR) is 230 cm³/mol. The van der Waals surface area contributed by atoms with Crippen molar-refractivity contribution < 1.29 is 25.2 Å². The molecule has 0 spiro atoms. The summed E-state index contributed by atoms with van der Waals surface area (Å²) in [6.45, 7) is 5.35. The first-order chi connectivity index (χ1) is 26.1. The Morgan fingerprint density at radius 1 is 0.582 bits per heavy atom. The number of sulfonamides is 1. The summed E-state index contributed by atoms with van der Waals surface area (Å²) in [5, 5.41) is 2.89. The summed E-state index contributed by atoms with van der Waals surface area (Å²) in [4.78, 5) is 4.35. The van der Waals surface area contributed by atoms with Crippen molar-refractivity contribution in [1.82, 2.24) is 4.31 Å². The molecule has 0 bridgehead atoms. The minimum Gasteiger partial charge on any atom is -1.00 e. The van der Waals surface area contributed by atoms with Crippen LogP contribution in [0, 0.1) is 0 Å². The zero-order chi connectivity index (χ0) is 38.2. The Morgan fingerprint density at radius 3 is 1.51 bits per heavy atom. The number of rotatable bonds is 17. The van der Waals surface area contributed by atoms with E-state index < -0.39 is 10.0 Å². The van der Waals surface area contributed by atoms with Crippen molar-refractivity contribution in [2.75, 3.05) is 37.0 Å². The van der Waals surface area contributed by atoms with E-state index >= 15 is 0 Å². The van der Waals surface area contributed by atoms with Gasteiger partial charge in [0.1, 0.15) is 0 Å².